The molecule has 0 aromatic carbocycles. The van der Waals surface area contributed by atoms with Crippen LogP contribution in [0.5, 0.6) is 0 Å². The molecule has 0 aliphatic rings. The molecule has 78 valence electrons. The van der Waals surface area contributed by atoms with Crippen LogP contribution in [-0.2, 0) is 0 Å². The van der Waals surface area contributed by atoms with Crippen LogP contribution in [0, 0.1) is 5.92 Å². The standard InChI is InChI=1S/C11H19N3/c1-4-9(3)11(13-5-2)10-6-7-12-8-14-10/h6-9,11,13H,4-5H2,1-3H3. The molecule has 0 saturated heterocycles. The fourth-order valence-electron chi connectivity index (χ4n) is 1.54. The summed E-state index contributed by atoms with van der Waals surface area (Å²) in [5.41, 5.74) is 1.09. The van der Waals surface area contributed by atoms with E-state index in [9.17, 15) is 0 Å². The molecule has 3 nitrogen and oxygen atoms in total. The molecule has 0 radical (unpaired) electrons. The third kappa shape index (κ3) is 2.77. The molecule has 1 aromatic rings. The maximum Gasteiger partial charge on any atom is 0.115 e. The Kier molecular flexibility index (Phi) is 4.53. The Balaban J connectivity index is 2.77. The lowest BCUT2D eigenvalue weighted by atomic mass is 9.96. The molecular formula is C11H19N3. The van der Waals surface area contributed by atoms with Crippen molar-refractivity contribution in [3.8, 4) is 0 Å². The van der Waals surface area contributed by atoms with Gasteiger partial charge in [-0.2, -0.15) is 0 Å². The van der Waals surface area contributed by atoms with Gasteiger partial charge in [-0.3, -0.25) is 0 Å². The summed E-state index contributed by atoms with van der Waals surface area (Å²) in [5, 5.41) is 3.46. The van der Waals surface area contributed by atoms with Gasteiger partial charge in [0, 0.05) is 6.20 Å². The van der Waals surface area contributed by atoms with Gasteiger partial charge < -0.3 is 5.32 Å². The van der Waals surface area contributed by atoms with E-state index in [-0.39, 0.29) is 0 Å². The minimum absolute atomic E-state index is 0.355. The Morgan fingerprint density at radius 3 is 2.71 bits per heavy atom. The average Bonchev–Trinajstić information content (AvgIpc) is 2.26. The summed E-state index contributed by atoms with van der Waals surface area (Å²) in [6.07, 6.45) is 4.57. The summed E-state index contributed by atoms with van der Waals surface area (Å²) in [6, 6.07) is 2.34. The highest BCUT2D eigenvalue weighted by Crippen LogP contribution is 2.21. The lowest BCUT2D eigenvalue weighted by Crippen LogP contribution is -2.27. The highest BCUT2D eigenvalue weighted by Gasteiger charge is 2.17. The number of nitrogens with one attached hydrogen (secondary N) is 1. The molecule has 1 N–H and O–H groups in total. The van der Waals surface area contributed by atoms with Gasteiger partial charge in [0.2, 0.25) is 0 Å². The topological polar surface area (TPSA) is 37.8 Å². The Morgan fingerprint density at radius 1 is 1.43 bits per heavy atom. The Hall–Kier alpha value is -0.960. The SMILES string of the molecule is CCNC(c1ccncn1)C(C)CC. The molecule has 1 aromatic heterocycles. The smallest absolute Gasteiger partial charge is 0.115 e. The van der Waals surface area contributed by atoms with E-state index in [1.54, 1.807) is 12.5 Å². The van der Waals surface area contributed by atoms with E-state index in [2.05, 4.69) is 36.1 Å². The molecule has 3 heteroatoms. The number of nitrogens with zero attached hydrogens (tertiary/aromatic N) is 2. The van der Waals surface area contributed by atoms with E-state index in [1.165, 1.54) is 0 Å². The van der Waals surface area contributed by atoms with Crippen molar-refractivity contribution in [3.63, 3.8) is 0 Å². The first-order valence-corrected chi connectivity index (χ1v) is 5.28. The fourth-order valence-corrected chi connectivity index (χ4v) is 1.54. The zero-order chi connectivity index (χ0) is 10.4. The van der Waals surface area contributed by atoms with Gasteiger partial charge in [0.15, 0.2) is 0 Å². The molecule has 2 atom stereocenters. The third-order valence-corrected chi connectivity index (χ3v) is 2.56. The van der Waals surface area contributed by atoms with E-state index in [0.29, 0.717) is 12.0 Å². The van der Waals surface area contributed by atoms with E-state index in [1.807, 2.05) is 6.07 Å². The summed E-state index contributed by atoms with van der Waals surface area (Å²) >= 11 is 0. The molecule has 0 spiro atoms. The van der Waals surface area contributed by atoms with Crippen molar-refractivity contribution in [1.82, 2.24) is 15.3 Å². The molecule has 2 unspecified atom stereocenters. The van der Waals surface area contributed by atoms with Crippen molar-refractivity contribution in [2.24, 2.45) is 5.92 Å². The van der Waals surface area contributed by atoms with Crippen LogP contribution in [0.3, 0.4) is 0 Å². The lowest BCUT2D eigenvalue weighted by Gasteiger charge is -2.22. The van der Waals surface area contributed by atoms with Crippen molar-refractivity contribution < 1.29 is 0 Å². The third-order valence-electron chi connectivity index (χ3n) is 2.56. The molecule has 0 aliphatic heterocycles. The Bertz CT molecular complexity index is 248. The van der Waals surface area contributed by atoms with Crippen molar-refractivity contribution in [2.45, 2.75) is 33.2 Å². The first-order chi connectivity index (χ1) is 6.79. The predicted molar refractivity (Wildman–Crippen MR) is 57.9 cm³/mol. The number of hydrogen-bond donors (Lipinski definition) is 1. The van der Waals surface area contributed by atoms with Crippen molar-refractivity contribution in [3.05, 3.63) is 24.3 Å². The maximum absolute atomic E-state index is 4.29. The van der Waals surface area contributed by atoms with Crippen LogP contribution in [0.15, 0.2) is 18.6 Å². The molecule has 0 saturated carbocycles. The van der Waals surface area contributed by atoms with E-state index in [4.69, 9.17) is 0 Å². The average molecular weight is 193 g/mol. The molecule has 0 fully saturated rings. The highest BCUT2D eigenvalue weighted by atomic mass is 15.0. The summed E-state index contributed by atoms with van der Waals surface area (Å²) < 4.78 is 0. The van der Waals surface area contributed by atoms with Gasteiger partial charge in [-0.05, 0) is 18.5 Å². The molecule has 0 amide bonds. The first-order valence-electron chi connectivity index (χ1n) is 5.28. The predicted octanol–water partition coefficient (Wildman–Crippen LogP) is 2.17. The van der Waals surface area contributed by atoms with Gasteiger partial charge in [-0.15, -0.1) is 0 Å². The molecule has 1 rings (SSSR count). The van der Waals surface area contributed by atoms with Gasteiger partial charge >= 0.3 is 0 Å². The van der Waals surface area contributed by atoms with Crippen LogP contribution in [-0.4, -0.2) is 16.5 Å². The normalized spacial score (nSPS) is 15.1. The van der Waals surface area contributed by atoms with Crippen LogP contribution >= 0.6 is 0 Å². The number of rotatable bonds is 5. The van der Waals surface area contributed by atoms with Gasteiger partial charge in [-0.1, -0.05) is 27.2 Å². The largest absolute Gasteiger partial charge is 0.309 e. The summed E-state index contributed by atoms with van der Waals surface area (Å²) in [5.74, 6) is 0.602. The second-order valence-corrected chi connectivity index (χ2v) is 3.56. The van der Waals surface area contributed by atoms with E-state index >= 15 is 0 Å². The summed E-state index contributed by atoms with van der Waals surface area (Å²) in [6.45, 7) is 7.54. The Labute approximate surface area is 86.0 Å². The first kappa shape index (κ1) is 11.1. The minimum Gasteiger partial charge on any atom is -0.309 e. The number of hydrogen-bond acceptors (Lipinski definition) is 3. The molecule has 0 aliphatic carbocycles. The summed E-state index contributed by atoms with van der Waals surface area (Å²) in [7, 11) is 0. The fraction of sp³-hybridized carbons (Fsp3) is 0.636. The zero-order valence-electron chi connectivity index (χ0n) is 9.20. The van der Waals surface area contributed by atoms with Crippen molar-refractivity contribution in [2.75, 3.05) is 6.54 Å². The second-order valence-electron chi connectivity index (χ2n) is 3.56. The zero-order valence-corrected chi connectivity index (χ0v) is 9.20. The van der Waals surface area contributed by atoms with Crippen LogP contribution in [0.1, 0.15) is 38.9 Å². The van der Waals surface area contributed by atoms with E-state index in [0.717, 1.165) is 18.7 Å². The molecular weight excluding hydrogens is 174 g/mol. The van der Waals surface area contributed by atoms with Crippen molar-refractivity contribution >= 4 is 0 Å². The second kappa shape index (κ2) is 5.70. The molecule has 0 bridgehead atoms. The van der Waals surface area contributed by atoms with Crippen LogP contribution < -0.4 is 5.32 Å². The van der Waals surface area contributed by atoms with E-state index < -0.39 is 0 Å². The minimum atomic E-state index is 0.355. The highest BCUT2D eigenvalue weighted by molar-refractivity contribution is 5.05. The van der Waals surface area contributed by atoms with Crippen LogP contribution in [0.2, 0.25) is 0 Å². The van der Waals surface area contributed by atoms with Gasteiger partial charge in [0.1, 0.15) is 6.33 Å². The van der Waals surface area contributed by atoms with Gasteiger partial charge in [0.25, 0.3) is 0 Å². The summed E-state index contributed by atoms with van der Waals surface area (Å²) in [4.78, 5) is 8.23. The van der Waals surface area contributed by atoms with Crippen LogP contribution in [0.4, 0.5) is 0 Å². The molecule has 1 heterocycles. The monoisotopic (exact) mass is 193 g/mol. The van der Waals surface area contributed by atoms with Crippen molar-refractivity contribution in [1.29, 1.82) is 0 Å². The number of aromatic nitrogens is 2. The lowest BCUT2D eigenvalue weighted by molar-refractivity contribution is 0.376. The Morgan fingerprint density at radius 2 is 2.21 bits per heavy atom. The van der Waals surface area contributed by atoms with Crippen LogP contribution in [0.25, 0.3) is 0 Å². The molecule has 14 heavy (non-hydrogen) atoms. The van der Waals surface area contributed by atoms with Gasteiger partial charge in [0.05, 0.1) is 11.7 Å². The quantitative estimate of drug-likeness (QED) is 0.778. The maximum atomic E-state index is 4.29. The van der Waals surface area contributed by atoms with Gasteiger partial charge in [-0.25, -0.2) is 9.97 Å².